The van der Waals surface area contributed by atoms with Crippen LogP contribution in [0.3, 0.4) is 0 Å². The van der Waals surface area contributed by atoms with Crippen molar-refractivity contribution in [3.05, 3.63) is 45.8 Å². The Labute approximate surface area is 209 Å². The minimum atomic E-state index is -3.65. The smallest absolute Gasteiger partial charge is 0.413 e. The van der Waals surface area contributed by atoms with Crippen molar-refractivity contribution in [3.63, 3.8) is 0 Å². The SMILES string of the molecule is CCCCN(C)S(=O)(=O)c1ccc(C(=O)Nc2sc3c(c2C(=O)NC(=O)OC)CCN(C)C3)cc1. The zero-order chi connectivity index (χ0) is 25.8. The van der Waals surface area contributed by atoms with Crippen molar-refractivity contribution < 1.29 is 27.5 Å². The summed E-state index contributed by atoms with van der Waals surface area (Å²) < 4.78 is 31.3. The van der Waals surface area contributed by atoms with Gasteiger partial charge >= 0.3 is 6.09 Å². The molecule has 12 heteroatoms. The first-order valence-electron chi connectivity index (χ1n) is 11.2. The number of unbranched alkanes of at least 4 members (excludes halogenated alkanes) is 1. The Morgan fingerprint density at radius 2 is 1.86 bits per heavy atom. The monoisotopic (exact) mass is 522 g/mol. The maximum atomic E-state index is 13.0. The van der Waals surface area contributed by atoms with E-state index in [1.54, 1.807) is 0 Å². The molecule has 0 saturated heterocycles. The van der Waals surface area contributed by atoms with E-state index in [4.69, 9.17) is 0 Å². The molecule has 0 atom stereocenters. The van der Waals surface area contributed by atoms with E-state index in [1.165, 1.54) is 47.0 Å². The van der Waals surface area contributed by atoms with Crippen molar-refractivity contribution in [2.45, 2.75) is 37.6 Å². The largest absolute Gasteiger partial charge is 0.453 e. The number of thiophene rings is 1. The zero-order valence-electron chi connectivity index (χ0n) is 20.2. The number of ether oxygens (including phenoxy) is 1. The van der Waals surface area contributed by atoms with E-state index in [1.807, 2.05) is 14.0 Å². The molecule has 1 aromatic carbocycles. The number of carbonyl (C=O) groups is 3. The van der Waals surface area contributed by atoms with Crippen LogP contribution >= 0.6 is 11.3 Å². The molecule has 3 amide bonds. The average molecular weight is 523 g/mol. The van der Waals surface area contributed by atoms with Crippen LogP contribution in [0.15, 0.2) is 29.2 Å². The molecule has 3 rings (SSSR count). The van der Waals surface area contributed by atoms with Crippen LogP contribution in [0.1, 0.15) is 50.9 Å². The second-order valence-corrected chi connectivity index (χ2v) is 11.5. The average Bonchev–Trinajstić information content (AvgIpc) is 3.18. The van der Waals surface area contributed by atoms with Crippen LogP contribution in [0.4, 0.5) is 9.80 Å². The molecule has 0 unspecified atom stereocenters. The summed E-state index contributed by atoms with van der Waals surface area (Å²) in [5.41, 5.74) is 1.28. The number of rotatable bonds is 8. The van der Waals surface area contributed by atoms with Crippen molar-refractivity contribution in [1.82, 2.24) is 14.5 Å². The standard InChI is InChI=1S/C23H30N4O6S2/c1-5-6-12-27(3)35(31,32)16-9-7-15(8-10-16)20(28)24-22-19(21(29)25-23(30)33-4)17-11-13-26(2)14-18(17)34-22/h7-10H,5-6,11-14H2,1-4H3,(H,24,28)(H,25,29,30). The number of methoxy groups -OCH3 is 1. The quantitative estimate of drug-likeness (QED) is 0.546. The van der Waals surface area contributed by atoms with E-state index in [0.29, 0.717) is 24.5 Å². The first kappa shape index (κ1) is 26.8. The highest BCUT2D eigenvalue weighted by Gasteiger charge is 2.29. The lowest BCUT2D eigenvalue weighted by molar-refractivity contribution is 0.0936. The predicted molar refractivity (Wildman–Crippen MR) is 133 cm³/mol. The Bertz CT molecular complexity index is 1210. The molecule has 2 heterocycles. The van der Waals surface area contributed by atoms with Gasteiger partial charge in [0.1, 0.15) is 5.00 Å². The first-order valence-corrected chi connectivity index (χ1v) is 13.4. The number of alkyl carbamates (subject to hydrolysis) is 1. The fourth-order valence-electron chi connectivity index (χ4n) is 3.70. The fraction of sp³-hybridized carbons (Fsp3) is 0.435. The summed E-state index contributed by atoms with van der Waals surface area (Å²) in [5.74, 6) is -1.14. The number of hydrogen-bond donors (Lipinski definition) is 2. The molecule has 10 nitrogen and oxygen atoms in total. The number of fused-ring (bicyclic) bond motifs is 1. The third-order valence-electron chi connectivity index (χ3n) is 5.75. The lowest BCUT2D eigenvalue weighted by Crippen LogP contribution is -2.32. The summed E-state index contributed by atoms with van der Waals surface area (Å²) in [4.78, 5) is 40.5. The second-order valence-electron chi connectivity index (χ2n) is 8.30. The lowest BCUT2D eigenvalue weighted by Gasteiger charge is -2.22. The Morgan fingerprint density at radius 3 is 2.49 bits per heavy atom. The van der Waals surface area contributed by atoms with E-state index < -0.39 is 27.9 Å². The van der Waals surface area contributed by atoms with Crippen molar-refractivity contribution >= 4 is 44.3 Å². The highest BCUT2D eigenvalue weighted by Crippen LogP contribution is 2.37. The molecule has 2 aromatic rings. The Balaban J connectivity index is 1.84. The fourth-order valence-corrected chi connectivity index (χ4v) is 6.23. The van der Waals surface area contributed by atoms with Gasteiger partial charge in [-0.05, 0) is 49.7 Å². The summed E-state index contributed by atoms with van der Waals surface area (Å²) in [6.07, 6.45) is 1.34. The van der Waals surface area contributed by atoms with Gasteiger partial charge in [0.05, 0.1) is 17.6 Å². The van der Waals surface area contributed by atoms with Crippen LogP contribution in [0, 0.1) is 0 Å². The van der Waals surface area contributed by atoms with Gasteiger partial charge in [-0.15, -0.1) is 11.3 Å². The molecular formula is C23H30N4O6S2. The number of nitrogens with one attached hydrogen (secondary N) is 2. The van der Waals surface area contributed by atoms with E-state index in [9.17, 15) is 22.8 Å². The molecule has 2 N–H and O–H groups in total. The van der Waals surface area contributed by atoms with Crippen molar-refractivity contribution in [2.75, 3.05) is 39.6 Å². The molecule has 1 aliphatic heterocycles. The van der Waals surface area contributed by atoms with Gasteiger partial charge in [0.25, 0.3) is 11.8 Å². The van der Waals surface area contributed by atoms with Crippen molar-refractivity contribution in [1.29, 1.82) is 0 Å². The molecule has 0 aliphatic carbocycles. The van der Waals surface area contributed by atoms with Crippen LogP contribution in [0.2, 0.25) is 0 Å². The molecule has 0 radical (unpaired) electrons. The number of nitrogens with zero attached hydrogens (tertiary/aromatic N) is 2. The topological polar surface area (TPSA) is 125 Å². The zero-order valence-corrected chi connectivity index (χ0v) is 21.8. The number of benzene rings is 1. The van der Waals surface area contributed by atoms with Crippen molar-refractivity contribution in [2.24, 2.45) is 0 Å². The van der Waals surface area contributed by atoms with E-state index >= 15 is 0 Å². The first-order chi connectivity index (χ1) is 16.6. The Morgan fingerprint density at radius 1 is 1.17 bits per heavy atom. The molecule has 1 aliphatic rings. The predicted octanol–water partition coefficient (Wildman–Crippen LogP) is 2.91. The number of hydrogen-bond acceptors (Lipinski definition) is 8. The number of amides is 3. The maximum Gasteiger partial charge on any atom is 0.413 e. The van der Waals surface area contributed by atoms with Crippen LogP contribution in [-0.2, 0) is 27.7 Å². The molecular weight excluding hydrogens is 492 g/mol. The van der Waals surface area contributed by atoms with Crippen LogP contribution in [0.5, 0.6) is 0 Å². The van der Waals surface area contributed by atoms with Crippen molar-refractivity contribution in [3.8, 4) is 0 Å². The summed E-state index contributed by atoms with van der Waals surface area (Å²) in [7, 11) is 1.00. The maximum absolute atomic E-state index is 13.0. The van der Waals surface area contributed by atoms with E-state index in [2.05, 4.69) is 20.3 Å². The molecule has 190 valence electrons. The van der Waals surface area contributed by atoms with Gasteiger partial charge in [-0.2, -0.15) is 0 Å². The summed E-state index contributed by atoms with van der Waals surface area (Å²) in [5, 5.41) is 5.26. The second kappa shape index (κ2) is 11.3. The minimum Gasteiger partial charge on any atom is -0.453 e. The lowest BCUT2D eigenvalue weighted by atomic mass is 10.0. The van der Waals surface area contributed by atoms with Crippen LogP contribution in [0.25, 0.3) is 0 Å². The molecule has 1 aromatic heterocycles. The van der Waals surface area contributed by atoms with Gasteiger partial charge in [0.15, 0.2) is 0 Å². The molecule has 0 spiro atoms. The molecule has 0 saturated carbocycles. The van der Waals surface area contributed by atoms with Gasteiger partial charge in [0, 0.05) is 37.1 Å². The number of anilines is 1. The van der Waals surface area contributed by atoms with Crippen LogP contribution in [-0.4, -0.2) is 69.8 Å². The number of likely N-dealkylation sites (N-methyl/N-ethyl adjacent to an activating group) is 1. The summed E-state index contributed by atoms with van der Waals surface area (Å²) in [6.45, 7) is 3.75. The van der Waals surface area contributed by atoms with E-state index in [0.717, 1.165) is 36.9 Å². The highest BCUT2D eigenvalue weighted by molar-refractivity contribution is 7.89. The third-order valence-corrected chi connectivity index (χ3v) is 8.76. The summed E-state index contributed by atoms with van der Waals surface area (Å²) >= 11 is 1.28. The van der Waals surface area contributed by atoms with Gasteiger partial charge < -0.3 is 15.0 Å². The number of imide groups is 1. The molecule has 0 fully saturated rings. The van der Waals surface area contributed by atoms with Gasteiger partial charge in [-0.1, -0.05) is 13.3 Å². The van der Waals surface area contributed by atoms with Crippen LogP contribution < -0.4 is 10.6 Å². The third kappa shape index (κ3) is 6.07. The molecule has 0 bridgehead atoms. The van der Waals surface area contributed by atoms with Gasteiger partial charge in [-0.25, -0.2) is 17.5 Å². The van der Waals surface area contributed by atoms with Gasteiger partial charge in [-0.3, -0.25) is 14.9 Å². The normalized spacial score (nSPS) is 13.9. The molecule has 35 heavy (non-hydrogen) atoms. The minimum absolute atomic E-state index is 0.0976. The van der Waals surface area contributed by atoms with E-state index in [-0.39, 0.29) is 16.0 Å². The number of sulfonamides is 1. The number of carbonyl (C=O) groups excluding carboxylic acids is 3. The highest BCUT2D eigenvalue weighted by atomic mass is 32.2. The Kier molecular flexibility index (Phi) is 8.65. The summed E-state index contributed by atoms with van der Waals surface area (Å²) in [6, 6.07) is 5.66. The van der Waals surface area contributed by atoms with Gasteiger partial charge in [0.2, 0.25) is 10.0 Å². The Hall–Kier alpha value is -2.80.